The van der Waals surface area contributed by atoms with Crippen LogP contribution in [0, 0.1) is 0 Å². The lowest BCUT2D eigenvalue weighted by Crippen LogP contribution is -2.21. The van der Waals surface area contributed by atoms with Crippen LogP contribution in [-0.2, 0) is 6.42 Å². The summed E-state index contributed by atoms with van der Waals surface area (Å²) in [4.78, 5) is 2.43. The van der Waals surface area contributed by atoms with E-state index in [4.69, 9.17) is 5.73 Å². The lowest BCUT2D eigenvalue weighted by molar-refractivity contribution is 0.321. The summed E-state index contributed by atoms with van der Waals surface area (Å²) in [5.41, 5.74) is 7.99. The summed E-state index contributed by atoms with van der Waals surface area (Å²) in [5.74, 6) is 0. The van der Waals surface area contributed by atoms with Crippen LogP contribution in [0.1, 0.15) is 38.2 Å². The van der Waals surface area contributed by atoms with E-state index in [0.29, 0.717) is 0 Å². The first-order chi connectivity index (χ1) is 8.22. The molecule has 0 atom stereocenters. The van der Waals surface area contributed by atoms with Crippen LogP contribution in [0.15, 0.2) is 24.3 Å². The van der Waals surface area contributed by atoms with Crippen molar-refractivity contribution in [2.24, 2.45) is 0 Å². The van der Waals surface area contributed by atoms with Crippen molar-refractivity contribution in [3.8, 4) is 0 Å². The molecule has 0 spiro atoms. The van der Waals surface area contributed by atoms with Gasteiger partial charge in [-0.3, -0.25) is 0 Å². The van der Waals surface area contributed by atoms with E-state index >= 15 is 0 Å². The summed E-state index contributed by atoms with van der Waals surface area (Å²) in [6, 6.07) is 8.22. The van der Waals surface area contributed by atoms with Gasteiger partial charge >= 0.3 is 0 Å². The van der Waals surface area contributed by atoms with E-state index in [9.17, 15) is 0 Å². The number of benzene rings is 1. The van der Waals surface area contributed by atoms with E-state index in [1.165, 1.54) is 44.3 Å². The van der Waals surface area contributed by atoms with Gasteiger partial charge in [0.05, 0.1) is 0 Å². The molecule has 0 aliphatic carbocycles. The van der Waals surface area contributed by atoms with Gasteiger partial charge in [-0.1, -0.05) is 31.9 Å². The number of aryl methyl sites for hydroxylation is 1. The maximum absolute atomic E-state index is 5.76. The molecule has 1 aromatic rings. The molecule has 0 aliphatic rings. The van der Waals surface area contributed by atoms with E-state index in [2.05, 4.69) is 31.0 Å². The second kappa shape index (κ2) is 8.13. The Hall–Kier alpha value is -1.02. The highest BCUT2D eigenvalue weighted by Gasteiger charge is 1.99. The molecular weight excluding hydrogens is 208 g/mol. The van der Waals surface area contributed by atoms with Crippen LogP contribution in [0.3, 0.4) is 0 Å². The minimum atomic E-state index is 0.874. The van der Waals surface area contributed by atoms with Gasteiger partial charge in [-0.2, -0.15) is 0 Å². The first-order valence-corrected chi connectivity index (χ1v) is 6.75. The van der Waals surface area contributed by atoms with Crippen LogP contribution in [-0.4, -0.2) is 25.0 Å². The van der Waals surface area contributed by atoms with Crippen LogP contribution in [0.2, 0.25) is 0 Å². The molecule has 1 aromatic carbocycles. The van der Waals surface area contributed by atoms with Crippen LogP contribution in [0.5, 0.6) is 0 Å². The molecule has 0 aromatic heterocycles. The molecule has 2 heteroatoms. The summed E-state index contributed by atoms with van der Waals surface area (Å²) in [7, 11) is 2.22. The second-order valence-electron chi connectivity index (χ2n) is 4.86. The van der Waals surface area contributed by atoms with Crippen molar-refractivity contribution in [2.75, 3.05) is 25.9 Å². The molecule has 0 radical (unpaired) electrons. The lowest BCUT2D eigenvalue weighted by Gasteiger charge is -2.16. The molecule has 0 heterocycles. The number of unbranched alkanes of at least 4 members (excludes halogenated alkanes) is 2. The molecule has 0 saturated heterocycles. The van der Waals surface area contributed by atoms with Crippen molar-refractivity contribution in [3.63, 3.8) is 0 Å². The molecule has 96 valence electrons. The molecule has 0 saturated carbocycles. The smallest absolute Gasteiger partial charge is 0.0316 e. The van der Waals surface area contributed by atoms with Crippen molar-refractivity contribution in [1.29, 1.82) is 0 Å². The Morgan fingerprint density at radius 3 is 2.59 bits per heavy atom. The largest absolute Gasteiger partial charge is 0.399 e. The first-order valence-electron chi connectivity index (χ1n) is 6.75. The zero-order valence-corrected chi connectivity index (χ0v) is 11.3. The summed E-state index contributed by atoms with van der Waals surface area (Å²) in [6.07, 6.45) is 6.32. The fourth-order valence-corrected chi connectivity index (χ4v) is 2.05. The molecule has 0 aliphatic heterocycles. The molecule has 2 N–H and O–H groups in total. The standard InChI is InChI=1S/C15H26N2/c1-3-4-5-11-17(2)12-7-9-14-8-6-10-15(16)13-14/h6,8,10,13H,3-5,7,9,11-12,16H2,1-2H3. The first kappa shape index (κ1) is 14.0. The number of hydrogen-bond donors (Lipinski definition) is 1. The number of nitrogen functional groups attached to an aromatic ring is 1. The molecule has 0 bridgehead atoms. The summed E-state index contributed by atoms with van der Waals surface area (Å²) in [5, 5.41) is 0. The maximum Gasteiger partial charge on any atom is 0.0316 e. The lowest BCUT2D eigenvalue weighted by atomic mass is 10.1. The zero-order chi connectivity index (χ0) is 12.5. The third-order valence-corrected chi connectivity index (χ3v) is 3.10. The minimum Gasteiger partial charge on any atom is -0.399 e. The molecule has 0 amide bonds. The van der Waals surface area contributed by atoms with E-state index in [1.807, 2.05) is 12.1 Å². The van der Waals surface area contributed by atoms with Crippen molar-refractivity contribution in [2.45, 2.75) is 39.0 Å². The Bertz CT molecular complexity index is 310. The maximum atomic E-state index is 5.76. The monoisotopic (exact) mass is 234 g/mol. The predicted octanol–water partition coefficient (Wildman–Crippen LogP) is 3.32. The zero-order valence-electron chi connectivity index (χ0n) is 11.3. The van der Waals surface area contributed by atoms with E-state index in [1.54, 1.807) is 0 Å². The molecule has 1 rings (SSSR count). The number of rotatable bonds is 8. The van der Waals surface area contributed by atoms with Crippen LogP contribution in [0.25, 0.3) is 0 Å². The van der Waals surface area contributed by atoms with Gasteiger partial charge in [-0.15, -0.1) is 0 Å². The third-order valence-electron chi connectivity index (χ3n) is 3.10. The second-order valence-corrected chi connectivity index (χ2v) is 4.86. The third kappa shape index (κ3) is 6.32. The Morgan fingerprint density at radius 1 is 1.12 bits per heavy atom. The summed E-state index contributed by atoms with van der Waals surface area (Å²) < 4.78 is 0. The van der Waals surface area contributed by atoms with E-state index < -0.39 is 0 Å². The highest BCUT2D eigenvalue weighted by atomic mass is 15.1. The molecule has 17 heavy (non-hydrogen) atoms. The van der Waals surface area contributed by atoms with Gasteiger partial charge in [0, 0.05) is 5.69 Å². The minimum absolute atomic E-state index is 0.874. The quantitative estimate of drug-likeness (QED) is 0.552. The fraction of sp³-hybridized carbons (Fsp3) is 0.600. The average Bonchev–Trinajstić information content (AvgIpc) is 2.29. The van der Waals surface area contributed by atoms with Gasteiger partial charge in [0.25, 0.3) is 0 Å². The van der Waals surface area contributed by atoms with Crippen molar-refractivity contribution < 1.29 is 0 Å². The number of hydrogen-bond acceptors (Lipinski definition) is 2. The summed E-state index contributed by atoms with van der Waals surface area (Å²) >= 11 is 0. The van der Waals surface area contributed by atoms with E-state index in [0.717, 1.165) is 12.1 Å². The summed E-state index contributed by atoms with van der Waals surface area (Å²) in [6.45, 7) is 4.66. The Labute approximate surface area is 106 Å². The Morgan fingerprint density at radius 2 is 1.88 bits per heavy atom. The topological polar surface area (TPSA) is 29.3 Å². The van der Waals surface area contributed by atoms with Gasteiger partial charge in [0.15, 0.2) is 0 Å². The number of nitrogens with two attached hydrogens (primary N) is 1. The van der Waals surface area contributed by atoms with Crippen LogP contribution < -0.4 is 5.73 Å². The van der Waals surface area contributed by atoms with Gasteiger partial charge in [0.2, 0.25) is 0 Å². The number of nitrogens with zero attached hydrogens (tertiary/aromatic N) is 1. The van der Waals surface area contributed by atoms with Gasteiger partial charge in [-0.25, -0.2) is 0 Å². The predicted molar refractivity (Wildman–Crippen MR) is 76.2 cm³/mol. The highest BCUT2D eigenvalue weighted by Crippen LogP contribution is 2.09. The SMILES string of the molecule is CCCCCN(C)CCCc1cccc(N)c1. The Balaban J connectivity index is 2.14. The van der Waals surface area contributed by atoms with Gasteiger partial charge in [0.1, 0.15) is 0 Å². The van der Waals surface area contributed by atoms with Crippen molar-refractivity contribution >= 4 is 5.69 Å². The molecule has 0 unspecified atom stereocenters. The van der Waals surface area contributed by atoms with Gasteiger partial charge in [-0.05, 0) is 57.1 Å². The highest BCUT2D eigenvalue weighted by molar-refractivity contribution is 5.40. The number of anilines is 1. The molecule has 0 fully saturated rings. The molecule has 2 nitrogen and oxygen atoms in total. The average molecular weight is 234 g/mol. The van der Waals surface area contributed by atoms with Gasteiger partial charge < -0.3 is 10.6 Å². The van der Waals surface area contributed by atoms with Crippen LogP contribution in [0.4, 0.5) is 5.69 Å². The fourth-order valence-electron chi connectivity index (χ4n) is 2.05. The van der Waals surface area contributed by atoms with E-state index in [-0.39, 0.29) is 0 Å². The van der Waals surface area contributed by atoms with Crippen molar-refractivity contribution in [3.05, 3.63) is 29.8 Å². The van der Waals surface area contributed by atoms with Crippen molar-refractivity contribution in [1.82, 2.24) is 4.90 Å². The van der Waals surface area contributed by atoms with Crippen LogP contribution >= 0.6 is 0 Å². The Kier molecular flexibility index (Phi) is 6.71. The normalized spacial score (nSPS) is 11.0. The molecular formula is C15H26N2.